The summed E-state index contributed by atoms with van der Waals surface area (Å²) in [5.74, 6) is 1.52. The fourth-order valence-electron chi connectivity index (χ4n) is 0.335. The van der Waals surface area contributed by atoms with Crippen molar-refractivity contribution in [3.8, 4) is 0 Å². The molecule has 7 heavy (non-hydrogen) atoms. The Bertz CT molecular complexity index is 36.7. The van der Waals surface area contributed by atoms with E-state index in [0.29, 0.717) is 0 Å². The molecule has 0 saturated carbocycles. The second-order valence-corrected chi connectivity index (χ2v) is 1.50. The van der Waals surface area contributed by atoms with Crippen molar-refractivity contribution in [3.05, 3.63) is 11.2 Å². The van der Waals surface area contributed by atoms with Gasteiger partial charge in [0.2, 0.25) is 0 Å². The van der Waals surface area contributed by atoms with Crippen molar-refractivity contribution in [2.45, 2.75) is 6.92 Å². The van der Waals surface area contributed by atoms with Gasteiger partial charge in [-0.3, -0.25) is 13.1 Å². The maximum atomic E-state index is 3.96. The zero-order chi connectivity index (χ0) is 3.70. The fourth-order valence-corrected chi connectivity index (χ4v) is 0.335. The van der Waals surface area contributed by atoms with Crippen molar-refractivity contribution >= 4 is 0 Å². The summed E-state index contributed by atoms with van der Waals surface area (Å²) in [6.45, 7) is 4.19. The van der Waals surface area contributed by atoms with E-state index in [1.165, 1.54) is 5.92 Å². The van der Waals surface area contributed by atoms with Crippen LogP contribution in [-0.4, -0.2) is 13.1 Å². The van der Waals surface area contributed by atoms with Gasteiger partial charge in [0.1, 0.15) is 0 Å². The van der Waals surface area contributed by atoms with Crippen LogP contribution in [0.15, 0.2) is 0 Å². The number of nitrogens with zero attached hydrogens (tertiary/aromatic N) is 1. The summed E-state index contributed by atoms with van der Waals surface area (Å²) >= 11 is 0. The third kappa shape index (κ3) is 3.83. The molecule has 44 valence electrons. The maximum absolute atomic E-state index is 3.96. The summed E-state index contributed by atoms with van der Waals surface area (Å²) in [7, 11) is 0. The second-order valence-electron chi connectivity index (χ2n) is 1.50. The molecule has 1 fully saturated rings. The number of hydrogen-bond acceptors (Lipinski definition) is 0. The molecule has 1 aliphatic rings. The summed E-state index contributed by atoms with van der Waals surface area (Å²) in [5, 5.41) is 3.96. The summed E-state index contributed by atoms with van der Waals surface area (Å²) in [6.07, 6.45) is 0. The SMILES string of the molecule is C[C-]1C[N-]C1.[Re].[Re]. The minimum absolute atomic E-state index is 0. The third-order valence-corrected chi connectivity index (χ3v) is 0.763. The Morgan fingerprint density at radius 1 is 1.29 bits per heavy atom. The van der Waals surface area contributed by atoms with Gasteiger partial charge in [-0.05, 0) is 0 Å². The molecule has 1 saturated heterocycles. The average Bonchev–Trinajstić information content (AvgIpc) is 1.30. The fraction of sp³-hybridized carbons (Fsp3) is 0.750. The molecule has 1 aliphatic heterocycles. The van der Waals surface area contributed by atoms with E-state index in [2.05, 4.69) is 12.2 Å². The van der Waals surface area contributed by atoms with Gasteiger partial charge in [0.05, 0.1) is 0 Å². The normalized spacial score (nSPS) is 18.4. The maximum Gasteiger partial charge on any atom is 0 e. The van der Waals surface area contributed by atoms with Crippen LogP contribution in [0.5, 0.6) is 0 Å². The molecule has 1 heterocycles. The van der Waals surface area contributed by atoms with E-state index in [9.17, 15) is 0 Å². The van der Waals surface area contributed by atoms with E-state index >= 15 is 0 Å². The molecule has 0 aromatic carbocycles. The second kappa shape index (κ2) is 5.42. The smallest absolute Gasteiger partial charge is 0 e. The summed E-state index contributed by atoms with van der Waals surface area (Å²) < 4.78 is 0. The van der Waals surface area contributed by atoms with Gasteiger partial charge >= 0.3 is 0 Å². The van der Waals surface area contributed by atoms with Gasteiger partial charge in [0.25, 0.3) is 0 Å². The Kier molecular flexibility index (Phi) is 8.62. The van der Waals surface area contributed by atoms with Crippen molar-refractivity contribution in [2.75, 3.05) is 13.1 Å². The van der Waals surface area contributed by atoms with Crippen molar-refractivity contribution in [3.63, 3.8) is 0 Å². The molecule has 3 heteroatoms. The van der Waals surface area contributed by atoms with Crippen LogP contribution in [0, 0.1) is 5.92 Å². The van der Waals surface area contributed by atoms with Crippen molar-refractivity contribution in [1.82, 2.24) is 0 Å². The zero-order valence-electron chi connectivity index (χ0n) is 4.12. The average molecular weight is 442 g/mol. The molecule has 0 amide bonds. The Morgan fingerprint density at radius 3 is 1.57 bits per heavy atom. The van der Waals surface area contributed by atoms with E-state index in [0.717, 1.165) is 13.1 Å². The van der Waals surface area contributed by atoms with E-state index in [4.69, 9.17) is 0 Å². The molecule has 1 rings (SSSR count). The van der Waals surface area contributed by atoms with Gasteiger partial charge in [-0.1, -0.05) is 0 Å². The first-order valence-electron chi connectivity index (χ1n) is 1.84. The van der Waals surface area contributed by atoms with E-state index in [1.807, 2.05) is 0 Å². The number of hydrogen-bond donors (Lipinski definition) is 0. The topological polar surface area (TPSA) is 14.1 Å². The Labute approximate surface area is 71.9 Å². The standard InChI is InChI=1S/C4H7N.2Re/c1-4-2-5-3-4;;/h2-3H2,1H3;;/q-2;;. The van der Waals surface area contributed by atoms with Gasteiger partial charge < -0.3 is 11.2 Å². The van der Waals surface area contributed by atoms with Gasteiger partial charge in [0.15, 0.2) is 0 Å². The van der Waals surface area contributed by atoms with Crippen molar-refractivity contribution in [2.24, 2.45) is 0 Å². The first-order valence-corrected chi connectivity index (χ1v) is 1.84. The molecule has 0 aromatic heterocycles. The monoisotopic (exact) mass is 443 g/mol. The van der Waals surface area contributed by atoms with Crippen LogP contribution in [-0.2, 0) is 40.8 Å². The third-order valence-electron chi connectivity index (χ3n) is 0.763. The Hall–Kier alpha value is 1.28. The predicted molar refractivity (Wildman–Crippen MR) is 22.0 cm³/mol. The minimum atomic E-state index is 0. The van der Waals surface area contributed by atoms with Gasteiger partial charge in [-0.15, -0.1) is 0 Å². The van der Waals surface area contributed by atoms with Crippen molar-refractivity contribution < 1.29 is 40.8 Å². The molecule has 1 nitrogen and oxygen atoms in total. The number of rotatable bonds is 0. The van der Waals surface area contributed by atoms with E-state index in [1.54, 1.807) is 0 Å². The Balaban J connectivity index is 0. The first kappa shape index (κ1) is 11.1. The first-order chi connectivity index (χ1) is 2.39. The molecule has 2 radical (unpaired) electrons. The van der Waals surface area contributed by atoms with Crippen LogP contribution in [0.2, 0.25) is 0 Å². The van der Waals surface area contributed by atoms with Gasteiger partial charge in [0, 0.05) is 40.8 Å². The summed E-state index contributed by atoms with van der Waals surface area (Å²) in [4.78, 5) is 0. The van der Waals surface area contributed by atoms with Gasteiger partial charge in [-0.2, -0.15) is 6.92 Å². The predicted octanol–water partition coefficient (Wildman–Crippen LogP) is 0.963. The summed E-state index contributed by atoms with van der Waals surface area (Å²) in [6, 6.07) is 0. The van der Waals surface area contributed by atoms with Crippen LogP contribution < -0.4 is 0 Å². The van der Waals surface area contributed by atoms with Crippen LogP contribution >= 0.6 is 0 Å². The Morgan fingerprint density at radius 2 is 1.57 bits per heavy atom. The molecule has 0 atom stereocenters. The van der Waals surface area contributed by atoms with E-state index in [-0.39, 0.29) is 40.8 Å². The minimum Gasteiger partial charge on any atom is -0.714 e. The van der Waals surface area contributed by atoms with E-state index < -0.39 is 0 Å². The van der Waals surface area contributed by atoms with Gasteiger partial charge in [-0.25, -0.2) is 0 Å². The van der Waals surface area contributed by atoms with Crippen LogP contribution in [0.3, 0.4) is 0 Å². The molecule has 0 spiro atoms. The molecular formula is C4H7NRe2-2. The van der Waals surface area contributed by atoms with Crippen LogP contribution in [0.1, 0.15) is 6.92 Å². The van der Waals surface area contributed by atoms with Crippen molar-refractivity contribution in [1.29, 1.82) is 0 Å². The molecule has 0 aromatic rings. The quantitative estimate of drug-likeness (QED) is 0.498. The van der Waals surface area contributed by atoms with Crippen LogP contribution in [0.4, 0.5) is 0 Å². The molecule has 0 bridgehead atoms. The molecule has 0 N–H and O–H groups in total. The van der Waals surface area contributed by atoms with Crippen LogP contribution in [0.25, 0.3) is 5.32 Å². The zero-order valence-corrected chi connectivity index (χ0v) is 9.55. The summed E-state index contributed by atoms with van der Waals surface area (Å²) in [5.41, 5.74) is 0. The molecule has 0 unspecified atom stereocenters. The molecule has 0 aliphatic carbocycles. The largest absolute Gasteiger partial charge is 0.714 e. The molecular weight excluding hydrogens is 434 g/mol.